The summed E-state index contributed by atoms with van der Waals surface area (Å²) >= 11 is 0. The molecule has 1 aromatic carbocycles. The molecule has 2 aliphatic rings. The van der Waals surface area contributed by atoms with Crippen molar-refractivity contribution < 1.29 is 9.18 Å². The summed E-state index contributed by atoms with van der Waals surface area (Å²) in [5.74, 6) is 0.455. The average Bonchev–Trinajstić information content (AvgIpc) is 3.11. The lowest BCUT2D eigenvalue weighted by atomic mass is 10.0. The van der Waals surface area contributed by atoms with Gasteiger partial charge in [0, 0.05) is 6.04 Å². The lowest BCUT2D eigenvalue weighted by Gasteiger charge is -2.31. The van der Waals surface area contributed by atoms with E-state index in [4.69, 9.17) is 0 Å². The highest BCUT2D eigenvalue weighted by Gasteiger charge is 2.60. The van der Waals surface area contributed by atoms with E-state index >= 15 is 0 Å². The van der Waals surface area contributed by atoms with E-state index in [0.717, 1.165) is 24.8 Å². The molecule has 2 unspecified atom stereocenters. The number of nitrogens with one attached hydrogen (secondary N) is 1. The molecule has 2 atom stereocenters. The highest BCUT2D eigenvalue weighted by molar-refractivity contribution is 5.92. The molecule has 0 radical (unpaired) electrons. The molecule has 114 valence electrons. The molecule has 1 N–H and O–H groups in total. The van der Waals surface area contributed by atoms with Crippen molar-refractivity contribution in [3.05, 3.63) is 35.6 Å². The van der Waals surface area contributed by atoms with Gasteiger partial charge in [0.2, 0.25) is 5.91 Å². The van der Waals surface area contributed by atoms with Gasteiger partial charge in [-0.1, -0.05) is 26.0 Å². The topological polar surface area (TPSA) is 32.3 Å². The molecular weight excluding hydrogens is 267 g/mol. The number of hydrogen-bond donors (Lipinski definition) is 1. The van der Waals surface area contributed by atoms with Crippen molar-refractivity contribution in [3.63, 3.8) is 0 Å². The SMILES string of the molecule is CC(C)CC(C)N1C(=O)C2(CC2)NC1c1cccc(F)c1. The molecule has 0 aromatic heterocycles. The highest BCUT2D eigenvalue weighted by atomic mass is 19.1. The van der Waals surface area contributed by atoms with Crippen LogP contribution < -0.4 is 5.32 Å². The Kier molecular flexibility index (Phi) is 3.52. The molecule has 1 heterocycles. The fraction of sp³-hybridized carbons (Fsp3) is 0.588. The standard InChI is InChI=1S/C17H23FN2O/c1-11(2)9-12(3)20-15(13-5-4-6-14(18)10-13)19-17(7-8-17)16(20)21/h4-6,10-12,15,19H,7-9H2,1-3H3. The lowest BCUT2D eigenvalue weighted by molar-refractivity contribution is -0.133. The van der Waals surface area contributed by atoms with Gasteiger partial charge in [0.25, 0.3) is 0 Å². The van der Waals surface area contributed by atoms with E-state index in [9.17, 15) is 9.18 Å². The molecule has 1 spiro atoms. The molecule has 1 aliphatic heterocycles. The first kappa shape index (κ1) is 14.5. The summed E-state index contributed by atoms with van der Waals surface area (Å²) in [6.07, 6.45) is 2.53. The second-order valence-electron chi connectivity index (χ2n) is 6.87. The van der Waals surface area contributed by atoms with Gasteiger partial charge >= 0.3 is 0 Å². The van der Waals surface area contributed by atoms with Crippen LogP contribution in [0.3, 0.4) is 0 Å². The molecule has 4 heteroatoms. The van der Waals surface area contributed by atoms with E-state index < -0.39 is 0 Å². The summed E-state index contributed by atoms with van der Waals surface area (Å²) in [7, 11) is 0. The number of hydrogen-bond acceptors (Lipinski definition) is 2. The second-order valence-corrected chi connectivity index (χ2v) is 6.87. The van der Waals surface area contributed by atoms with Crippen LogP contribution in [0.1, 0.15) is 51.8 Å². The molecule has 3 nitrogen and oxygen atoms in total. The Morgan fingerprint density at radius 2 is 2.10 bits per heavy atom. The van der Waals surface area contributed by atoms with Gasteiger partial charge in [-0.2, -0.15) is 0 Å². The largest absolute Gasteiger partial charge is 0.319 e. The average molecular weight is 290 g/mol. The third kappa shape index (κ3) is 2.57. The number of amides is 1. The van der Waals surface area contributed by atoms with Crippen LogP contribution in [0.15, 0.2) is 24.3 Å². The van der Waals surface area contributed by atoms with Gasteiger partial charge in [0.15, 0.2) is 0 Å². The normalized spacial score (nSPS) is 24.9. The van der Waals surface area contributed by atoms with E-state index in [2.05, 4.69) is 26.1 Å². The Bertz CT molecular complexity index is 553. The minimum absolute atomic E-state index is 0.151. The number of rotatable bonds is 4. The molecule has 1 saturated carbocycles. The number of halogens is 1. The van der Waals surface area contributed by atoms with Crippen molar-refractivity contribution in [2.24, 2.45) is 5.92 Å². The van der Waals surface area contributed by atoms with Gasteiger partial charge in [0.05, 0.1) is 0 Å². The first-order chi connectivity index (χ1) is 9.93. The summed E-state index contributed by atoms with van der Waals surface area (Å²) in [4.78, 5) is 14.7. The summed E-state index contributed by atoms with van der Waals surface area (Å²) in [5, 5.41) is 3.45. The Morgan fingerprint density at radius 3 is 2.67 bits per heavy atom. The Hall–Kier alpha value is -1.42. The molecule has 2 fully saturated rings. The molecule has 1 aliphatic carbocycles. The van der Waals surface area contributed by atoms with E-state index in [-0.39, 0.29) is 29.5 Å². The van der Waals surface area contributed by atoms with Crippen molar-refractivity contribution >= 4 is 5.91 Å². The van der Waals surface area contributed by atoms with E-state index in [0.29, 0.717) is 5.92 Å². The van der Waals surface area contributed by atoms with Crippen LogP contribution in [-0.2, 0) is 4.79 Å². The zero-order valence-electron chi connectivity index (χ0n) is 12.9. The number of carbonyl (C=O) groups is 1. The first-order valence-electron chi connectivity index (χ1n) is 7.79. The van der Waals surface area contributed by atoms with Crippen molar-refractivity contribution in [3.8, 4) is 0 Å². The van der Waals surface area contributed by atoms with Gasteiger partial charge in [-0.25, -0.2) is 4.39 Å². The fourth-order valence-electron chi connectivity index (χ4n) is 3.41. The van der Waals surface area contributed by atoms with Gasteiger partial charge in [-0.15, -0.1) is 0 Å². The second kappa shape index (κ2) is 5.09. The highest BCUT2D eigenvalue weighted by Crippen LogP contribution is 2.47. The van der Waals surface area contributed by atoms with E-state index in [1.807, 2.05) is 11.0 Å². The molecular formula is C17H23FN2O. The van der Waals surface area contributed by atoms with Gasteiger partial charge < -0.3 is 4.90 Å². The smallest absolute Gasteiger partial charge is 0.244 e. The fourth-order valence-corrected chi connectivity index (χ4v) is 3.41. The van der Waals surface area contributed by atoms with Gasteiger partial charge in [-0.05, 0) is 49.8 Å². The van der Waals surface area contributed by atoms with Crippen LogP contribution in [0.4, 0.5) is 4.39 Å². The minimum atomic E-state index is -0.373. The number of carbonyl (C=O) groups excluding carboxylic acids is 1. The lowest BCUT2D eigenvalue weighted by Crippen LogP contribution is -2.39. The van der Waals surface area contributed by atoms with Crippen LogP contribution in [0.5, 0.6) is 0 Å². The van der Waals surface area contributed by atoms with Crippen LogP contribution in [0.2, 0.25) is 0 Å². The Morgan fingerprint density at radius 1 is 1.38 bits per heavy atom. The molecule has 1 saturated heterocycles. The molecule has 1 amide bonds. The van der Waals surface area contributed by atoms with Crippen LogP contribution in [0, 0.1) is 11.7 Å². The maximum Gasteiger partial charge on any atom is 0.244 e. The first-order valence-corrected chi connectivity index (χ1v) is 7.79. The zero-order chi connectivity index (χ0) is 15.2. The van der Waals surface area contributed by atoms with Crippen LogP contribution in [-0.4, -0.2) is 22.4 Å². The van der Waals surface area contributed by atoms with Gasteiger partial charge in [-0.3, -0.25) is 10.1 Å². The van der Waals surface area contributed by atoms with Crippen LogP contribution >= 0.6 is 0 Å². The van der Waals surface area contributed by atoms with Crippen molar-refractivity contribution in [2.45, 2.75) is 57.8 Å². The third-order valence-corrected chi connectivity index (χ3v) is 4.54. The number of nitrogens with zero attached hydrogens (tertiary/aromatic N) is 1. The summed E-state index contributed by atoms with van der Waals surface area (Å²) in [6, 6.07) is 6.72. The quantitative estimate of drug-likeness (QED) is 0.923. The Labute approximate surface area is 125 Å². The van der Waals surface area contributed by atoms with Crippen molar-refractivity contribution in [1.82, 2.24) is 10.2 Å². The third-order valence-electron chi connectivity index (χ3n) is 4.54. The maximum atomic E-state index is 13.5. The van der Waals surface area contributed by atoms with Crippen LogP contribution in [0.25, 0.3) is 0 Å². The molecule has 1 aromatic rings. The minimum Gasteiger partial charge on any atom is -0.319 e. The monoisotopic (exact) mass is 290 g/mol. The summed E-state index contributed by atoms with van der Waals surface area (Å²) < 4.78 is 13.5. The molecule has 0 bridgehead atoms. The summed E-state index contributed by atoms with van der Waals surface area (Å²) in [5.41, 5.74) is 0.463. The van der Waals surface area contributed by atoms with Crippen molar-refractivity contribution in [2.75, 3.05) is 0 Å². The van der Waals surface area contributed by atoms with E-state index in [1.165, 1.54) is 12.1 Å². The Balaban J connectivity index is 1.91. The predicted octanol–water partition coefficient (Wildman–Crippen LogP) is 3.22. The van der Waals surface area contributed by atoms with Gasteiger partial charge in [0.1, 0.15) is 17.5 Å². The number of benzene rings is 1. The maximum absolute atomic E-state index is 13.5. The summed E-state index contributed by atoms with van der Waals surface area (Å²) in [6.45, 7) is 6.41. The van der Waals surface area contributed by atoms with Crippen molar-refractivity contribution in [1.29, 1.82) is 0 Å². The zero-order valence-corrected chi connectivity index (χ0v) is 12.9. The van der Waals surface area contributed by atoms with E-state index in [1.54, 1.807) is 6.07 Å². The molecule has 21 heavy (non-hydrogen) atoms. The predicted molar refractivity (Wildman–Crippen MR) is 80.0 cm³/mol. The molecule has 3 rings (SSSR count).